The summed E-state index contributed by atoms with van der Waals surface area (Å²) >= 11 is 0. The summed E-state index contributed by atoms with van der Waals surface area (Å²) in [5.74, 6) is 0. The second kappa shape index (κ2) is 2.58. The van der Waals surface area contributed by atoms with Crippen LogP contribution < -0.4 is 0 Å². The summed E-state index contributed by atoms with van der Waals surface area (Å²) in [4.78, 5) is 0. The van der Waals surface area contributed by atoms with Crippen molar-refractivity contribution >= 4 is 0 Å². The Morgan fingerprint density at radius 1 is 1.38 bits per heavy atom. The molecular formula is C11H11NO. The first-order valence-corrected chi connectivity index (χ1v) is 4.32. The lowest BCUT2D eigenvalue weighted by Crippen LogP contribution is -2.15. The zero-order chi connectivity index (χ0) is 9.47. The highest BCUT2D eigenvalue weighted by Crippen LogP contribution is 2.42. The van der Waals surface area contributed by atoms with Crippen LogP contribution in [0.4, 0.5) is 0 Å². The smallest absolute Gasteiger partial charge is 0.170 e. The first kappa shape index (κ1) is 8.28. The number of nitriles is 1. The van der Waals surface area contributed by atoms with Gasteiger partial charge in [-0.3, -0.25) is 0 Å². The van der Waals surface area contributed by atoms with Gasteiger partial charge in [0.2, 0.25) is 0 Å². The van der Waals surface area contributed by atoms with E-state index in [9.17, 15) is 0 Å². The van der Waals surface area contributed by atoms with Crippen molar-refractivity contribution in [3.63, 3.8) is 0 Å². The van der Waals surface area contributed by atoms with Gasteiger partial charge in [0, 0.05) is 5.56 Å². The maximum absolute atomic E-state index is 8.87. The molecule has 0 aromatic heterocycles. The van der Waals surface area contributed by atoms with Crippen LogP contribution >= 0.6 is 0 Å². The second-order valence-corrected chi connectivity index (χ2v) is 3.72. The van der Waals surface area contributed by atoms with Gasteiger partial charge in [-0.05, 0) is 19.4 Å². The molecule has 1 aromatic carbocycles. The first-order chi connectivity index (χ1) is 6.15. The van der Waals surface area contributed by atoms with Crippen LogP contribution in [0.15, 0.2) is 24.3 Å². The third kappa shape index (κ3) is 1.13. The molecule has 0 saturated carbocycles. The molecule has 0 saturated heterocycles. The number of fused-ring (bicyclic) bond motifs is 1. The third-order valence-corrected chi connectivity index (χ3v) is 2.42. The molecule has 0 radical (unpaired) electrons. The Morgan fingerprint density at radius 2 is 2.08 bits per heavy atom. The number of hydrogen-bond donors (Lipinski definition) is 0. The van der Waals surface area contributed by atoms with E-state index in [0.717, 1.165) is 11.1 Å². The fourth-order valence-electron chi connectivity index (χ4n) is 1.79. The predicted octanol–water partition coefficient (Wildman–Crippen LogP) is 2.52. The van der Waals surface area contributed by atoms with Crippen molar-refractivity contribution in [3.05, 3.63) is 35.4 Å². The van der Waals surface area contributed by atoms with Gasteiger partial charge in [0.1, 0.15) is 0 Å². The molecule has 0 spiro atoms. The van der Waals surface area contributed by atoms with Gasteiger partial charge in [0.05, 0.1) is 11.7 Å². The molecule has 1 aliphatic rings. The SMILES string of the molecule is CC1(C)OC(C#N)c2ccccc21. The average molecular weight is 173 g/mol. The van der Waals surface area contributed by atoms with Gasteiger partial charge in [-0.15, -0.1) is 0 Å². The van der Waals surface area contributed by atoms with Crippen LogP contribution in [-0.4, -0.2) is 0 Å². The van der Waals surface area contributed by atoms with E-state index in [1.165, 1.54) is 0 Å². The van der Waals surface area contributed by atoms with E-state index in [4.69, 9.17) is 10.00 Å². The highest BCUT2D eigenvalue weighted by molar-refractivity contribution is 5.39. The lowest BCUT2D eigenvalue weighted by Gasteiger charge is -2.18. The number of nitrogens with zero attached hydrogens (tertiary/aromatic N) is 1. The summed E-state index contributed by atoms with van der Waals surface area (Å²) in [7, 11) is 0. The summed E-state index contributed by atoms with van der Waals surface area (Å²) in [6, 6.07) is 10.0. The summed E-state index contributed by atoms with van der Waals surface area (Å²) in [6.07, 6.45) is -0.397. The van der Waals surface area contributed by atoms with Gasteiger partial charge >= 0.3 is 0 Å². The molecule has 66 valence electrons. The monoisotopic (exact) mass is 173 g/mol. The van der Waals surface area contributed by atoms with Crippen LogP contribution in [0, 0.1) is 11.3 Å². The minimum Gasteiger partial charge on any atom is -0.348 e. The molecule has 0 fully saturated rings. The Morgan fingerprint density at radius 3 is 2.77 bits per heavy atom. The largest absolute Gasteiger partial charge is 0.348 e. The Hall–Kier alpha value is -1.33. The van der Waals surface area contributed by atoms with Gasteiger partial charge in [-0.25, -0.2) is 0 Å². The van der Waals surface area contributed by atoms with Crippen LogP contribution in [0.5, 0.6) is 0 Å². The normalized spacial score (nSPS) is 23.6. The molecule has 13 heavy (non-hydrogen) atoms. The number of hydrogen-bond acceptors (Lipinski definition) is 2. The van der Waals surface area contributed by atoms with Crippen molar-refractivity contribution in [2.75, 3.05) is 0 Å². The Kier molecular flexibility index (Phi) is 1.64. The van der Waals surface area contributed by atoms with E-state index >= 15 is 0 Å². The molecule has 2 rings (SSSR count). The molecule has 0 aliphatic carbocycles. The maximum atomic E-state index is 8.87. The minimum atomic E-state index is -0.397. The number of rotatable bonds is 0. The van der Waals surface area contributed by atoms with Gasteiger partial charge in [-0.2, -0.15) is 5.26 Å². The zero-order valence-corrected chi connectivity index (χ0v) is 7.74. The predicted molar refractivity (Wildman–Crippen MR) is 48.9 cm³/mol. The molecule has 0 bridgehead atoms. The minimum absolute atomic E-state index is 0.322. The Balaban J connectivity index is 2.58. The van der Waals surface area contributed by atoms with Crippen molar-refractivity contribution < 1.29 is 4.74 Å². The van der Waals surface area contributed by atoms with E-state index in [-0.39, 0.29) is 5.60 Å². The van der Waals surface area contributed by atoms with Gasteiger partial charge < -0.3 is 4.74 Å². The first-order valence-electron chi connectivity index (χ1n) is 4.32. The molecule has 0 amide bonds. The highest BCUT2D eigenvalue weighted by atomic mass is 16.5. The van der Waals surface area contributed by atoms with Crippen LogP contribution in [0.1, 0.15) is 31.1 Å². The maximum Gasteiger partial charge on any atom is 0.170 e. The average Bonchev–Trinajstić information content (AvgIpc) is 2.39. The molecule has 2 nitrogen and oxygen atoms in total. The number of benzene rings is 1. The van der Waals surface area contributed by atoms with E-state index in [1.54, 1.807) is 0 Å². The molecule has 1 aromatic rings. The number of ether oxygens (including phenoxy) is 1. The van der Waals surface area contributed by atoms with Crippen LogP contribution in [0.2, 0.25) is 0 Å². The lowest BCUT2D eigenvalue weighted by molar-refractivity contribution is -0.0276. The van der Waals surface area contributed by atoms with Crippen molar-refractivity contribution in [1.29, 1.82) is 5.26 Å². The standard InChI is InChI=1S/C11H11NO/c1-11(2)9-6-4-3-5-8(9)10(7-12)13-11/h3-6,10H,1-2H3. The van der Waals surface area contributed by atoms with Gasteiger partial charge in [0.25, 0.3) is 0 Å². The fourth-order valence-corrected chi connectivity index (χ4v) is 1.79. The summed E-state index contributed by atoms with van der Waals surface area (Å²) in [6.45, 7) is 3.98. The van der Waals surface area contributed by atoms with Crippen LogP contribution in [-0.2, 0) is 10.3 Å². The topological polar surface area (TPSA) is 33.0 Å². The molecular weight excluding hydrogens is 162 g/mol. The molecule has 2 heteroatoms. The van der Waals surface area contributed by atoms with Crippen molar-refractivity contribution in [3.8, 4) is 6.07 Å². The molecule has 0 N–H and O–H groups in total. The summed E-state index contributed by atoms with van der Waals surface area (Å²) in [5, 5.41) is 8.87. The Labute approximate surface area is 77.8 Å². The Bertz CT molecular complexity index is 376. The van der Waals surface area contributed by atoms with E-state index < -0.39 is 6.10 Å². The zero-order valence-electron chi connectivity index (χ0n) is 7.74. The summed E-state index contributed by atoms with van der Waals surface area (Å²) in [5.41, 5.74) is 1.81. The highest BCUT2D eigenvalue weighted by Gasteiger charge is 2.37. The third-order valence-electron chi connectivity index (χ3n) is 2.42. The van der Waals surface area contributed by atoms with Gasteiger partial charge in [-0.1, -0.05) is 24.3 Å². The second-order valence-electron chi connectivity index (χ2n) is 3.72. The van der Waals surface area contributed by atoms with E-state index in [0.29, 0.717) is 0 Å². The van der Waals surface area contributed by atoms with Gasteiger partial charge in [0.15, 0.2) is 6.10 Å². The van der Waals surface area contributed by atoms with Crippen molar-refractivity contribution in [2.24, 2.45) is 0 Å². The van der Waals surface area contributed by atoms with Crippen molar-refractivity contribution in [1.82, 2.24) is 0 Å². The van der Waals surface area contributed by atoms with Crippen LogP contribution in [0.3, 0.4) is 0 Å². The molecule has 1 aliphatic heterocycles. The molecule has 1 atom stereocenters. The molecule has 1 unspecified atom stereocenters. The van der Waals surface area contributed by atoms with Crippen molar-refractivity contribution in [2.45, 2.75) is 25.6 Å². The van der Waals surface area contributed by atoms with Crippen LogP contribution in [0.25, 0.3) is 0 Å². The van der Waals surface area contributed by atoms with E-state index in [1.807, 2.05) is 38.1 Å². The lowest BCUT2D eigenvalue weighted by atomic mass is 9.95. The summed E-state index contributed by atoms with van der Waals surface area (Å²) < 4.78 is 5.61. The molecule has 1 heterocycles. The fraction of sp³-hybridized carbons (Fsp3) is 0.364. The quantitative estimate of drug-likeness (QED) is 0.604. The van der Waals surface area contributed by atoms with E-state index in [2.05, 4.69) is 6.07 Å².